The van der Waals surface area contributed by atoms with Crippen LogP contribution < -0.4 is 11.1 Å². The Morgan fingerprint density at radius 3 is 2.77 bits per heavy atom. The Balaban J connectivity index is 2.34. The highest BCUT2D eigenvalue weighted by Crippen LogP contribution is 2.35. The van der Waals surface area contributed by atoms with Gasteiger partial charge in [0, 0.05) is 18.6 Å². The second kappa shape index (κ2) is 4.43. The van der Waals surface area contributed by atoms with Gasteiger partial charge in [-0.1, -0.05) is 20.3 Å². The Morgan fingerprint density at radius 1 is 1.54 bits per heavy atom. The second-order valence-electron chi connectivity index (χ2n) is 5.26. The summed E-state index contributed by atoms with van der Waals surface area (Å²) in [5, 5.41) is 3.60. The summed E-state index contributed by atoms with van der Waals surface area (Å²) in [4.78, 5) is 0. The molecule has 1 saturated carbocycles. The van der Waals surface area contributed by atoms with E-state index in [-0.39, 0.29) is 0 Å². The normalized spacial score (nSPS) is 30.0. The van der Waals surface area contributed by atoms with Crippen LogP contribution in [0.2, 0.25) is 0 Å². The molecule has 0 aromatic rings. The molecule has 0 heterocycles. The molecule has 0 spiro atoms. The van der Waals surface area contributed by atoms with Crippen molar-refractivity contribution in [2.24, 2.45) is 11.1 Å². The molecule has 0 radical (unpaired) electrons. The molecule has 0 bridgehead atoms. The summed E-state index contributed by atoms with van der Waals surface area (Å²) >= 11 is 0. The van der Waals surface area contributed by atoms with Gasteiger partial charge in [-0.2, -0.15) is 0 Å². The van der Waals surface area contributed by atoms with E-state index in [4.69, 9.17) is 5.73 Å². The van der Waals surface area contributed by atoms with E-state index in [0.717, 1.165) is 6.54 Å². The molecule has 0 saturated heterocycles. The smallest absolute Gasteiger partial charge is 0.0164 e. The highest BCUT2D eigenvalue weighted by Gasteiger charge is 2.28. The van der Waals surface area contributed by atoms with Crippen LogP contribution in [0.5, 0.6) is 0 Å². The average molecular weight is 184 g/mol. The summed E-state index contributed by atoms with van der Waals surface area (Å²) in [6.45, 7) is 7.65. The first-order valence-electron chi connectivity index (χ1n) is 5.49. The molecule has 3 N–H and O–H groups in total. The molecule has 1 aliphatic carbocycles. The fraction of sp³-hybridized carbons (Fsp3) is 1.00. The highest BCUT2D eigenvalue weighted by atomic mass is 15.0. The monoisotopic (exact) mass is 184 g/mol. The van der Waals surface area contributed by atoms with Crippen LogP contribution in [-0.2, 0) is 0 Å². The zero-order chi connectivity index (χ0) is 9.90. The molecule has 13 heavy (non-hydrogen) atoms. The predicted octanol–water partition coefficient (Wildman–Crippen LogP) is 1.89. The van der Waals surface area contributed by atoms with Crippen molar-refractivity contribution in [3.63, 3.8) is 0 Å². The summed E-state index contributed by atoms with van der Waals surface area (Å²) in [5.41, 5.74) is 6.13. The van der Waals surface area contributed by atoms with Gasteiger partial charge in [-0.15, -0.1) is 0 Å². The third kappa shape index (κ3) is 3.65. The molecule has 2 atom stereocenters. The molecule has 78 valence electrons. The highest BCUT2D eigenvalue weighted by molar-refractivity contribution is 4.84. The molecule has 1 fully saturated rings. The average Bonchev–Trinajstić information content (AvgIpc) is 2.02. The van der Waals surface area contributed by atoms with Crippen molar-refractivity contribution in [1.82, 2.24) is 5.32 Å². The summed E-state index contributed by atoms with van der Waals surface area (Å²) in [5.74, 6) is 0. The van der Waals surface area contributed by atoms with Crippen molar-refractivity contribution in [2.75, 3.05) is 6.54 Å². The fourth-order valence-corrected chi connectivity index (χ4v) is 2.31. The molecule has 1 rings (SSSR count). The molecule has 2 nitrogen and oxygen atoms in total. The topological polar surface area (TPSA) is 38.0 Å². The third-order valence-electron chi connectivity index (χ3n) is 3.08. The fourth-order valence-electron chi connectivity index (χ4n) is 2.31. The molecule has 2 unspecified atom stereocenters. The lowest BCUT2D eigenvalue weighted by molar-refractivity contribution is 0.191. The number of rotatable bonds is 3. The SMILES string of the molecule is CC(CN)NC1CCCC(C)(C)C1. The van der Waals surface area contributed by atoms with E-state index in [1.54, 1.807) is 0 Å². The summed E-state index contributed by atoms with van der Waals surface area (Å²) < 4.78 is 0. The Labute approximate surface area is 82.3 Å². The lowest BCUT2D eigenvalue weighted by atomic mass is 9.75. The van der Waals surface area contributed by atoms with E-state index in [9.17, 15) is 0 Å². The van der Waals surface area contributed by atoms with Crippen LogP contribution in [0.15, 0.2) is 0 Å². The lowest BCUT2D eigenvalue weighted by Crippen LogP contribution is -2.44. The van der Waals surface area contributed by atoms with Gasteiger partial charge >= 0.3 is 0 Å². The maximum atomic E-state index is 5.59. The maximum Gasteiger partial charge on any atom is 0.0164 e. The van der Waals surface area contributed by atoms with Crippen LogP contribution in [0.4, 0.5) is 0 Å². The number of hydrogen-bond acceptors (Lipinski definition) is 2. The van der Waals surface area contributed by atoms with Crippen LogP contribution in [0.25, 0.3) is 0 Å². The molecule has 0 aliphatic heterocycles. The minimum Gasteiger partial charge on any atom is -0.329 e. The molecule has 1 aliphatic rings. The van der Waals surface area contributed by atoms with Gasteiger partial charge in [0.1, 0.15) is 0 Å². The van der Waals surface area contributed by atoms with Crippen LogP contribution in [0.3, 0.4) is 0 Å². The number of hydrogen-bond donors (Lipinski definition) is 2. The van der Waals surface area contributed by atoms with Gasteiger partial charge in [0.25, 0.3) is 0 Å². The lowest BCUT2D eigenvalue weighted by Gasteiger charge is -2.36. The Morgan fingerprint density at radius 2 is 2.23 bits per heavy atom. The predicted molar refractivity (Wildman–Crippen MR) is 57.7 cm³/mol. The summed E-state index contributed by atoms with van der Waals surface area (Å²) in [6, 6.07) is 1.17. The summed E-state index contributed by atoms with van der Waals surface area (Å²) in [7, 11) is 0. The van der Waals surface area contributed by atoms with Gasteiger partial charge in [-0.3, -0.25) is 0 Å². The molecule has 2 heteroatoms. The van der Waals surface area contributed by atoms with Gasteiger partial charge < -0.3 is 11.1 Å². The van der Waals surface area contributed by atoms with E-state index >= 15 is 0 Å². The molecule has 0 amide bonds. The van der Waals surface area contributed by atoms with Crippen LogP contribution in [-0.4, -0.2) is 18.6 Å². The summed E-state index contributed by atoms with van der Waals surface area (Å²) in [6.07, 6.45) is 5.37. The third-order valence-corrected chi connectivity index (χ3v) is 3.08. The van der Waals surface area contributed by atoms with Crippen molar-refractivity contribution < 1.29 is 0 Å². The van der Waals surface area contributed by atoms with Gasteiger partial charge in [0.15, 0.2) is 0 Å². The zero-order valence-electron chi connectivity index (χ0n) is 9.27. The zero-order valence-corrected chi connectivity index (χ0v) is 9.27. The standard InChI is InChI=1S/C11H24N2/c1-9(8-12)13-10-5-4-6-11(2,3)7-10/h9-10,13H,4-8,12H2,1-3H3. The maximum absolute atomic E-state index is 5.59. The Hall–Kier alpha value is -0.0800. The molecular weight excluding hydrogens is 160 g/mol. The minimum absolute atomic E-state index is 0.471. The van der Waals surface area contributed by atoms with E-state index in [0.29, 0.717) is 17.5 Å². The first-order chi connectivity index (χ1) is 6.03. The Bertz CT molecular complexity index is 154. The van der Waals surface area contributed by atoms with Crippen LogP contribution >= 0.6 is 0 Å². The van der Waals surface area contributed by atoms with Gasteiger partial charge in [0.05, 0.1) is 0 Å². The molecule has 0 aromatic heterocycles. The van der Waals surface area contributed by atoms with Gasteiger partial charge in [-0.05, 0) is 31.6 Å². The van der Waals surface area contributed by atoms with Gasteiger partial charge in [-0.25, -0.2) is 0 Å². The van der Waals surface area contributed by atoms with Crippen molar-refractivity contribution in [2.45, 2.75) is 58.5 Å². The van der Waals surface area contributed by atoms with Crippen molar-refractivity contribution in [1.29, 1.82) is 0 Å². The van der Waals surface area contributed by atoms with E-state index < -0.39 is 0 Å². The van der Waals surface area contributed by atoms with Crippen molar-refractivity contribution in [3.8, 4) is 0 Å². The number of nitrogens with one attached hydrogen (secondary N) is 1. The molecular formula is C11H24N2. The number of nitrogens with two attached hydrogens (primary N) is 1. The van der Waals surface area contributed by atoms with Gasteiger partial charge in [0.2, 0.25) is 0 Å². The van der Waals surface area contributed by atoms with E-state index in [1.165, 1.54) is 25.7 Å². The largest absolute Gasteiger partial charge is 0.329 e. The first-order valence-corrected chi connectivity index (χ1v) is 5.49. The van der Waals surface area contributed by atoms with Crippen molar-refractivity contribution in [3.05, 3.63) is 0 Å². The quantitative estimate of drug-likeness (QED) is 0.703. The van der Waals surface area contributed by atoms with Crippen LogP contribution in [0.1, 0.15) is 46.5 Å². The van der Waals surface area contributed by atoms with E-state index in [1.807, 2.05) is 0 Å². The molecule has 0 aromatic carbocycles. The van der Waals surface area contributed by atoms with E-state index in [2.05, 4.69) is 26.1 Å². The van der Waals surface area contributed by atoms with Crippen molar-refractivity contribution >= 4 is 0 Å². The van der Waals surface area contributed by atoms with Crippen LogP contribution in [0, 0.1) is 5.41 Å². The Kier molecular flexibility index (Phi) is 3.74. The first kappa shape index (κ1) is 11.0. The minimum atomic E-state index is 0.471. The second-order valence-corrected chi connectivity index (χ2v) is 5.26.